The van der Waals surface area contributed by atoms with E-state index in [0.29, 0.717) is 23.6 Å². The van der Waals surface area contributed by atoms with Gasteiger partial charge in [0.1, 0.15) is 11.3 Å². The Morgan fingerprint density at radius 3 is 2.59 bits per heavy atom. The number of nitrogens with zero attached hydrogens (tertiary/aromatic N) is 2. The van der Waals surface area contributed by atoms with Crippen molar-refractivity contribution in [1.82, 2.24) is 10.5 Å². The molecule has 1 heterocycles. The zero-order chi connectivity index (χ0) is 15.9. The average molecular weight is 301 g/mol. The predicted molar refractivity (Wildman–Crippen MR) is 87.3 cm³/mol. The number of carbonyl (C=O) groups excluding carboxylic acids is 1. The molecule has 2 rings (SSSR count). The molecule has 0 bridgehead atoms. The molecule has 0 atom stereocenters. The summed E-state index contributed by atoms with van der Waals surface area (Å²) in [6.45, 7) is 8.15. The first-order chi connectivity index (χ1) is 10.6. The van der Waals surface area contributed by atoms with Gasteiger partial charge in [-0.2, -0.15) is 0 Å². The van der Waals surface area contributed by atoms with Crippen molar-refractivity contribution in [3.8, 4) is 0 Å². The molecule has 0 aliphatic rings. The number of amides is 1. The average Bonchev–Trinajstić information content (AvgIpc) is 2.87. The van der Waals surface area contributed by atoms with Gasteiger partial charge in [0, 0.05) is 25.3 Å². The van der Waals surface area contributed by atoms with E-state index in [-0.39, 0.29) is 5.91 Å². The maximum Gasteiger partial charge on any atom is 0.256 e. The van der Waals surface area contributed by atoms with Crippen molar-refractivity contribution in [2.45, 2.75) is 27.2 Å². The number of benzene rings is 1. The van der Waals surface area contributed by atoms with Crippen molar-refractivity contribution in [2.24, 2.45) is 0 Å². The van der Waals surface area contributed by atoms with E-state index in [1.54, 1.807) is 13.8 Å². The van der Waals surface area contributed by atoms with E-state index < -0.39 is 0 Å². The quantitative estimate of drug-likeness (QED) is 0.799. The molecule has 0 aliphatic heterocycles. The zero-order valence-electron chi connectivity index (χ0n) is 13.4. The van der Waals surface area contributed by atoms with Crippen LogP contribution in [0, 0.1) is 13.8 Å². The summed E-state index contributed by atoms with van der Waals surface area (Å²) in [6, 6.07) is 10.3. The molecular weight excluding hydrogens is 278 g/mol. The van der Waals surface area contributed by atoms with Gasteiger partial charge in [0.15, 0.2) is 0 Å². The molecule has 1 N–H and O–H groups in total. The predicted octanol–water partition coefficient (Wildman–Crippen LogP) is 2.94. The summed E-state index contributed by atoms with van der Waals surface area (Å²) in [5, 5.41) is 6.73. The smallest absolute Gasteiger partial charge is 0.256 e. The number of aryl methyl sites for hydroxylation is 2. The van der Waals surface area contributed by atoms with Crippen LogP contribution in [0.1, 0.15) is 35.2 Å². The number of carbonyl (C=O) groups is 1. The second kappa shape index (κ2) is 7.64. The SMILES string of the molecule is CCN(CCCNC(=O)c1c(C)noc1C)c1ccccc1. The van der Waals surface area contributed by atoms with E-state index in [9.17, 15) is 4.79 Å². The summed E-state index contributed by atoms with van der Waals surface area (Å²) in [5.74, 6) is 0.452. The van der Waals surface area contributed by atoms with E-state index in [1.807, 2.05) is 18.2 Å². The van der Waals surface area contributed by atoms with E-state index >= 15 is 0 Å². The second-order valence-electron chi connectivity index (χ2n) is 5.22. The molecule has 5 nitrogen and oxygen atoms in total. The summed E-state index contributed by atoms with van der Waals surface area (Å²) in [4.78, 5) is 14.4. The Hall–Kier alpha value is -2.30. The molecule has 0 fully saturated rings. The number of para-hydroxylation sites is 1. The first kappa shape index (κ1) is 16.1. The highest BCUT2D eigenvalue weighted by atomic mass is 16.5. The summed E-state index contributed by atoms with van der Waals surface area (Å²) < 4.78 is 5.02. The molecule has 0 radical (unpaired) electrons. The lowest BCUT2D eigenvalue weighted by atomic mass is 10.2. The third-order valence-electron chi connectivity index (χ3n) is 3.65. The molecule has 0 unspecified atom stereocenters. The number of hydrogen-bond acceptors (Lipinski definition) is 4. The molecule has 0 spiro atoms. The molecule has 1 aromatic carbocycles. The Kier molecular flexibility index (Phi) is 5.58. The van der Waals surface area contributed by atoms with Gasteiger partial charge >= 0.3 is 0 Å². The summed E-state index contributed by atoms with van der Waals surface area (Å²) in [5.41, 5.74) is 2.40. The lowest BCUT2D eigenvalue weighted by Crippen LogP contribution is -2.30. The standard InChI is InChI=1S/C17H23N3O2/c1-4-20(15-9-6-5-7-10-15)12-8-11-18-17(21)16-13(2)19-22-14(16)3/h5-7,9-10H,4,8,11-12H2,1-3H3,(H,18,21). The van der Waals surface area contributed by atoms with Crippen molar-refractivity contribution >= 4 is 11.6 Å². The number of anilines is 1. The number of nitrogens with one attached hydrogen (secondary N) is 1. The van der Waals surface area contributed by atoms with Crippen molar-refractivity contribution in [1.29, 1.82) is 0 Å². The topological polar surface area (TPSA) is 58.4 Å². The number of hydrogen-bond donors (Lipinski definition) is 1. The fourth-order valence-corrected chi connectivity index (χ4v) is 2.48. The molecular formula is C17H23N3O2. The summed E-state index contributed by atoms with van der Waals surface area (Å²) in [6.07, 6.45) is 0.887. The highest BCUT2D eigenvalue weighted by Gasteiger charge is 2.16. The van der Waals surface area contributed by atoms with Gasteiger partial charge in [0.25, 0.3) is 5.91 Å². The summed E-state index contributed by atoms with van der Waals surface area (Å²) >= 11 is 0. The molecule has 5 heteroatoms. The highest BCUT2D eigenvalue weighted by molar-refractivity contribution is 5.96. The van der Waals surface area contributed by atoms with Crippen LogP contribution in [0.4, 0.5) is 5.69 Å². The first-order valence-electron chi connectivity index (χ1n) is 7.64. The first-order valence-corrected chi connectivity index (χ1v) is 7.64. The fraction of sp³-hybridized carbons (Fsp3) is 0.412. The lowest BCUT2D eigenvalue weighted by molar-refractivity contribution is 0.0951. The molecule has 22 heavy (non-hydrogen) atoms. The molecule has 0 saturated carbocycles. The number of rotatable bonds is 7. The van der Waals surface area contributed by atoms with E-state index in [1.165, 1.54) is 5.69 Å². The Labute approximate surface area is 131 Å². The van der Waals surface area contributed by atoms with E-state index in [4.69, 9.17) is 4.52 Å². The molecule has 0 saturated heterocycles. The third-order valence-corrected chi connectivity index (χ3v) is 3.65. The summed E-state index contributed by atoms with van der Waals surface area (Å²) in [7, 11) is 0. The molecule has 1 amide bonds. The Morgan fingerprint density at radius 2 is 2.00 bits per heavy atom. The fourth-order valence-electron chi connectivity index (χ4n) is 2.48. The van der Waals surface area contributed by atoms with Gasteiger partial charge < -0.3 is 14.7 Å². The monoisotopic (exact) mass is 301 g/mol. The van der Waals surface area contributed by atoms with Crippen LogP contribution in [0.5, 0.6) is 0 Å². The Bertz CT molecular complexity index is 588. The lowest BCUT2D eigenvalue weighted by Gasteiger charge is -2.23. The maximum atomic E-state index is 12.1. The molecule has 0 aliphatic carbocycles. The number of aromatic nitrogens is 1. The van der Waals surface area contributed by atoms with Crippen molar-refractivity contribution in [3.05, 3.63) is 47.3 Å². The van der Waals surface area contributed by atoms with Crippen LogP contribution in [0.15, 0.2) is 34.9 Å². The normalized spacial score (nSPS) is 10.5. The van der Waals surface area contributed by atoms with Crippen molar-refractivity contribution in [2.75, 3.05) is 24.5 Å². The van der Waals surface area contributed by atoms with Gasteiger partial charge in [-0.15, -0.1) is 0 Å². The van der Waals surface area contributed by atoms with Crippen LogP contribution in [0.25, 0.3) is 0 Å². The van der Waals surface area contributed by atoms with Crippen LogP contribution in [-0.4, -0.2) is 30.7 Å². The van der Waals surface area contributed by atoms with Crippen molar-refractivity contribution < 1.29 is 9.32 Å². The van der Waals surface area contributed by atoms with Gasteiger partial charge in [0.2, 0.25) is 0 Å². The van der Waals surface area contributed by atoms with Gasteiger partial charge in [-0.1, -0.05) is 23.4 Å². The van der Waals surface area contributed by atoms with E-state index in [0.717, 1.165) is 19.5 Å². The van der Waals surface area contributed by atoms with Crippen molar-refractivity contribution in [3.63, 3.8) is 0 Å². The second-order valence-corrected chi connectivity index (χ2v) is 5.22. The van der Waals surface area contributed by atoms with E-state index in [2.05, 4.69) is 34.4 Å². The minimum atomic E-state index is -0.112. The van der Waals surface area contributed by atoms with Gasteiger partial charge in [-0.25, -0.2) is 0 Å². The van der Waals surface area contributed by atoms with Gasteiger partial charge in [-0.3, -0.25) is 4.79 Å². The Morgan fingerprint density at radius 1 is 1.27 bits per heavy atom. The van der Waals surface area contributed by atoms with Crippen LogP contribution in [0.3, 0.4) is 0 Å². The molecule has 1 aromatic heterocycles. The highest BCUT2D eigenvalue weighted by Crippen LogP contribution is 2.13. The van der Waals surface area contributed by atoms with Gasteiger partial charge in [-0.05, 0) is 39.3 Å². The molecule has 118 valence electrons. The van der Waals surface area contributed by atoms with Crippen LogP contribution >= 0.6 is 0 Å². The minimum Gasteiger partial charge on any atom is -0.372 e. The maximum absolute atomic E-state index is 12.1. The Balaban J connectivity index is 1.80. The zero-order valence-corrected chi connectivity index (χ0v) is 13.4. The molecule has 2 aromatic rings. The van der Waals surface area contributed by atoms with Crippen LogP contribution in [-0.2, 0) is 0 Å². The van der Waals surface area contributed by atoms with Gasteiger partial charge in [0.05, 0.1) is 5.69 Å². The minimum absolute atomic E-state index is 0.112. The van der Waals surface area contributed by atoms with Crippen LogP contribution < -0.4 is 10.2 Å². The van der Waals surface area contributed by atoms with Crippen LogP contribution in [0.2, 0.25) is 0 Å². The third kappa shape index (κ3) is 3.87. The largest absolute Gasteiger partial charge is 0.372 e.